The Morgan fingerprint density at radius 3 is 1.25 bits per heavy atom. The van der Waals surface area contributed by atoms with Gasteiger partial charge in [-0.25, -0.2) is 0 Å². The van der Waals surface area contributed by atoms with Crippen molar-refractivity contribution >= 4 is 40.0 Å². The molecule has 4 aromatic rings. The zero-order valence-electron chi connectivity index (χ0n) is 17.4. The number of halogens is 2. The summed E-state index contributed by atoms with van der Waals surface area (Å²) in [6.07, 6.45) is 0. The molecule has 0 fully saturated rings. The van der Waals surface area contributed by atoms with Crippen LogP contribution in [0.25, 0.3) is 21.5 Å². The molecule has 0 aliphatic heterocycles. The molecule has 0 saturated heterocycles. The fourth-order valence-electron chi connectivity index (χ4n) is 4.07. The molecule has 0 atom stereocenters. The van der Waals surface area contributed by atoms with Crippen LogP contribution in [0, 0.1) is 27.7 Å². The quantitative estimate of drug-likeness (QED) is 0.255. The van der Waals surface area contributed by atoms with Crippen LogP contribution in [0.4, 0.5) is 0 Å². The molecule has 0 bridgehead atoms. The number of hydrogen-bond acceptors (Lipinski definition) is 0. The summed E-state index contributed by atoms with van der Waals surface area (Å²) in [6, 6.07) is 18.8. The van der Waals surface area contributed by atoms with E-state index in [1.165, 1.54) is 43.8 Å². The molecule has 0 unspecified atom stereocenters. The van der Waals surface area contributed by atoms with Gasteiger partial charge < -0.3 is 24.8 Å². The summed E-state index contributed by atoms with van der Waals surface area (Å²) in [5.74, 6) is 0. The maximum Gasteiger partial charge on any atom is 4.00 e. The number of hydrogen-bond donors (Lipinski definition) is 0. The Bertz CT molecular complexity index is 953. The molecule has 0 aliphatic rings. The maximum absolute atomic E-state index is 2.49. The molecule has 0 N–H and O–H groups in total. The first-order valence-electron chi connectivity index (χ1n) is 9.13. The Kier molecular flexibility index (Phi) is 8.16. The van der Waals surface area contributed by atoms with Crippen LogP contribution in [-0.2, 0) is 26.2 Å². The van der Waals surface area contributed by atoms with Crippen molar-refractivity contribution in [1.29, 1.82) is 0 Å². The number of fused-ring (bicyclic) bond motifs is 2. The first-order valence-corrected chi connectivity index (χ1v) is 12.1. The predicted molar refractivity (Wildman–Crippen MR) is 115 cm³/mol. The van der Waals surface area contributed by atoms with Gasteiger partial charge in [-0.2, -0.15) is 12.1 Å². The third-order valence-corrected chi connectivity index (χ3v) is 9.55. The fourth-order valence-corrected chi connectivity index (χ4v) is 6.42. The van der Waals surface area contributed by atoms with Gasteiger partial charge in [0.25, 0.3) is 0 Å². The molecule has 4 aromatic carbocycles. The van der Waals surface area contributed by atoms with Gasteiger partial charge in [-0.1, -0.05) is 50.2 Å². The second-order valence-corrected chi connectivity index (χ2v) is 12.6. The van der Waals surface area contributed by atoms with Crippen molar-refractivity contribution in [2.45, 2.75) is 40.8 Å². The van der Waals surface area contributed by atoms with Crippen molar-refractivity contribution < 1.29 is 51.0 Å². The summed E-state index contributed by atoms with van der Waals surface area (Å²) in [6.45, 7) is 13.9. The molecule has 0 saturated carbocycles. The third kappa shape index (κ3) is 3.99. The minimum absolute atomic E-state index is 0. The molecule has 28 heavy (non-hydrogen) atoms. The summed E-state index contributed by atoms with van der Waals surface area (Å²) in [5, 5.41) is 8.81. The van der Waals surface area contributed by atoms with E-state index in [0.29, 0.717) is 0 Å². The topological polar surface area (TPSA) is 0 Å². The molecule has 0 spiro atoms. The van der Waals surface area contributed by atoms with E-state index in [9.17, 15) is 0 Å². The average Bonchev–Trinajstić information content (AvgIpc) is 3.21. The predicted octanol–water partition coefficient (Wildman–Crippen LogP) is -0.507. The van der Waals surface area contributed by atoms with Crippen molar-refractivity contribution in [2.75, 3.05) is 0 Å². The Morgan fingerprint density at radius 2 is 0.929 bits per heavy atom. The molecular weight excluding hydrogens is 478 g/mol. The van der Waals surface area contributed by atoms with E-state index in [-0.39, 0.29) is 51.0 Å². The Labute approximate surface area is 201 Å². The molecule has 0 aliphatic carbocycles. The minimum atomic E-state index is -1.71. The van der Waals surface area contributed by atoms with Crippen molar-refractivity contribution in [3.63, 3.8) is 0 Å². The standard InChI is InChI=1S/C24H26Si.2ClH.Zr/c1-15-7-8-16(2)22-12-19(11-21(15)22)25(5,6)20-13-23-17(3)9-10-18(4)24(23)14-20;;;/h7-14H,1-6H3;2*1H;/q-2;;;+4/p-2. The molecule has 4 heteroatoms. The van der Waals surface area contributed by atoms with Gasteiger partial charge in [-0.15, -0.1) is 67.3 Å². The van der Waals surface area contributed by atoms with Gasteiger partial charge in [0.15, 0.2) is 0 Å². The van der Waals surface area contributed by atoms with E-state index in [4.69, 9.17) is 0 Å². The summed E-state index contributed by atoms with van der Waals surface area (Å²) in [5.41, 5.74) is 5.54. The molecule has 4 rings (SSSR count). The zero-order valence-corrected chi connectivity index (χ0v) is 22.3. The SMILES string of the molecule is Cc1ccc(C)c2[cH-]c([Si](C)(C)c3cc4c(C)ccc(C)c4[cH-]3)cc12.[Cl-].[Cl-].[Zr+4]. The first-order chi connectivity index (χ1) is 11.8. The molecule has 0 radical (unpaired) electrons. The molecular formula is C24H26Cl2SiZr. The van der Waals surface area contributed by atoms with Crippen LogP contribution in [0.5, 0.6) is 0 Å². The third-order valence-electron chi connectivity index (χ3n) is 6.09. The van der Waals surface area contributed by atoms with Crippen LogP contribution >= 0.6 is 0 Å². The van der Waals surface area contributed by atoms with Crippen LogP contribution in [0.2, 0.25) is 13.1 Å². The van der Waals surface area contributed by atoms with E-state index < -0.39 is 8.07 Å². The second kappa shape index (κ2) is 9.00. The van der Waals surface area contributed by atoms with Crippen LogP contribution in [0.15, 0.2) is 48.5 Å². The van der Waals surface area contributed by atoms with Crippen molar-refractivity contribution in [1.82, 2.24) is 0 Å². The van der Waals surface area contributed by atoms with Crippen molar-refractivity contribution in [3.05, 3.63) is 70.8 Å². The van der Waals surface area contributed by atoms with Crippen molar-refractivity contribution in [3.8, 4) is 0 Å². The number of rotatable bonds is 2. The van der Waals surface area contributed by atoms with Gasteiger partial charge in [-0.3, -0.25) is 0 Å². The fraction of sp³-hybridized carbons (Fsp3) is 0.250. The molecule has 144 valence electrons. The summed E-state index contributed by atoms with van der Waals surface area (Å²) in [4.78, 5) is 0. The average molecular weight is 505 g/mol. The van der Waals surface area contributed by atoms with E-state index in [1.807, 2.05) is 0 Å². The van der Waals surface area contributed by atoms with E-state index in [1.54, 1.807) is 10.4 Å². The Hall–Kier alpha value is -0.660. The monoisotopic (exact) mass is 502 g/mol. The summed E-state index contributed by atoms with van der Waals surface area (Å²) >= 11 is 0. The smallest absolute Gasteiger partial charge is 1.00 e. The van der Waals surface area contributed by atoms with Gasteiger partial charge in [0, 0.05) is 0 Å². The van der Waals surface area contributed by atoms with E-state index in [0.717, 1.165) is 0 Å². The number of aryl methyl sites for hydroxylation is 4. The van der Waals surface area contributed by atoms with Gasteiger partial charge in [-0.05, 0) is 13.8 Å². The largest absolute Gasteiger partial charge is 4.00 e. The van der Waals surface area contributed by atoms with Crippen molar-refractivity contribution in [2.24, 2.45) is 0 Å². The van der Waals surface area contributed by atoms with Gasteiger partial charge in [0.05, 0.1) is 8.07 Å². The van der Waals surface area contributed by atoms with Crippen LogP contribution in [0.1, 0.15) is 22.3 Å². The number of benzene rings is 2. The summed E-state index contributed by atoms with van der Waals surface area (Å²) < 4.78 is 0. The maximum atomic E-state index is 2.49. The normalized spacial score (nSPS) is 11.1. The zero-order chi connectivity index (χ0) is 17.9. The Morgan fingerprint density at radius 1 is 0.607 bits per heavy atom. The van der Waals surface area contributed by atoms with E-state index >= 15 is 0 Å². The van der Waals surface area contributed by atoms with E-state index in [2.05, 4.69) is 89.3 Å². The molecule has 0 amide bonds. The molecule has 0 nitrogen and oxygen atoms in total. The second-order valence-electron chi connectivity index (χ2n) is 8.17. The van der Waals surface area contributed by atoms with Crippen LogP contribution in [-0.4, -0.2) is 8.07 Å². The van der Waals surface area contributed by atoms with Gasteiger partial charge in [0.2, 0.25) is 0 Å². The van der Waals surface area contributed by atoms with Gasteiger partial charge >= 0.3 is 26.2 Å². The van der Waals surface area contributed by atoms with Crippen LogP contribution in [0.3, 0.4) is 0 Å². The molecule has 0 aromatic heterocycles. The Balaban J connectivity index is 0.00000131. The summed E-state index contributed by atoms with van der Waals surface area (Å²) in [7, 11) is -1.71. The molecule has 0 heterocycles. The van der Waals surface area contributed by atoms with Crippen LogP contribution < -0.4 is 35.2 Å². The van der Waals surface area contributed by atoms with Gasteiger partial charge in [0.1, 0.15) is 0 Å². The first kappa shape index (κ1) is 25.4. The minimum Gasteiger partial charge on any atom is -1.00 e.